The van der Waals surface area contributed by atoms with Crippen molar-refractivity contribution >= 4 is 34.3 Å². The third kappa shape index (κ3) is 4.76. The molecule has 1 heterocycles. The first-order valence-corrected chi connectivity index (χ1v) is 8.91. The van der Waals surface area contributed by atoms with Crippen molar-refractivity contribution in [3.63, 3.8) is 0 Å². The van der Waals surface area contributed by atoms with Crippen molar-refractivity contribution in [2.45, 2.75) is 13.8 Å². The number of carbonyl (C=O) groups is 3. The molecule has 0 unspecified atom stereocenters. The molecular formula is C22H20N2O5. The second-order valence-electron chi connectivity index (χ2n) is 6.44. The maximum atomic E-state index is 12.5. The van der Waals surface area contributed by atoms with Crippen LogP contribution >= 0.6 is 0 Å². The van der Waals surface area contributed by atoms with Crippen molar-refractivity contribution in [3.05, 3.63) is 65.4 Å². The number of carbonyl (C=O) groups excluding carboxylic acids is 3. The van der Waals surface area contributed by atoms with Gasteiger partial charge in [0.15, 0.2) is 12.4 Å². The number of Topliss-reactive ketones (excluding diaryl/α,β-unsaturated/α-hetero) is 1. The summed E-state index contributed by atoms with van der Waals surface area (Å²) >= 11 is 0. The number of fused-ring (bicyclic) bond motifs is 1. The minimum Gasteiger partial charge on any atom is -0.497 e. The van der Waals surface area contributed by atoms with Crippen LogP contribution < -0.4 is 10.1 Å². The zero-order valence-corrected chi connectivity index (χ0v) is 16.3. The number of nitrogens with zero attached hydrogens (tertiary/aromatic N) is 1. The lowest BCUT2D eigenvalue weighted by molar-refractivity contribution is -0.114. The van der Waals surface area contributed by atoms with Crippen LogP contribution in [-0.4, -0.2) is 36.4 Å². The molecule has 1 amide bonds. The number of anilines is 1. The highest BCUT2D eigenvalue weighted by atomic mass is 16.5. The normalized spacial score (nSPS) is 10.4. The number of esters is 1. The predicted molar refractivity (Wildman–Crippen MR) is 108 cm³/mol. The van der Waals surface area contributed by atoms with E-state index in [0.717, 1.165) is 10.9 Å². The van der Waals surface area contributed by atoms with Crippen molar-refractivity contribution in [1.82, 2.24) is 4.98 Å². The fourth-order valence-electron chi connectivity index (χ4n) is 2.82. The van der Waals surface area contributed by atoms with Gasteiger partial charge < -0.3 is 14.8 Å². The lowest BCUT2D eigenvalue weighted by Crippen LogP contribution is -2.15. The zero-order chi connectivity index (χ0) is 21.0. The first-order valence-electron chi connectivity index (χ1n) is 8.91. The standard InChI is InChI=1S/C22H20N2O5/c1-13-19(11-16-10-18(28-3)8-9-20(16)23-13)22(27)29-12-21(26)15-4-6-17(7-5-15)24-14(2)25/h4-11H,12H2,1-3H3,(H,24,25). The lowest BCUT2D eigenvalue weighted by Gasteiger charge is -2.09. The van der Waals surface area contributed by atoms with Gasteiger partial charge in [0.25, 0.3) is 0 Å². The van der Waals surface area contributed by atoms with E-state index < -0.39 is 12.6 Å². The topological polar surface area (TPSA) is 94.6 Å². The van der Waals surface area contributed by atoms with Crippen LogP contribution in [0.2, 0.25) is 0 Å². The SMILES string of the molecule is COc1ccc2nc(C)c(C(=O)OCC(=O)c3ccc(NC(C)=O)cc3)cc2c1. The molecule has 1 aromatic heterocycles. The van der Waals surface area contributed by atoms with Gasteiger partial charge in [-0.25, -0.2) is 4.79 Å². The maximum Gasteiger partial charge on any atom is 0.340 e. The summed E-state index contributed by atoms with van der Waals surface area (Å²) in [5.74, 6) is -0.515. The zero-order valence-electron chi connectivity index (χ0n) is 16.3. The highest BCUT2D eigenvalue weighted by Gasteiger charge is 2.16. The van der Waals surface area contributed by atoms with Crippen LogP contribution in [0.1, 0.15) is 33.3 Å². The minimum atomic E-state index is -0.622. The fourth-order valence-corrected chi connectivity index (χ4v) is 2.82. The molecule has 7 heteroatoms. The number of ether oxygens (including phenoxy) is 2. The molecule has 0 aliphatic carbocycles. The van der Waals surface area contributed by atoms with E-state index in [1.165, 1.54) is 6.92 Å². The van der Waals surface area contributed by atoms with Gasteiger partial charge in [0.2, 0.25) is 5.91 Å². The monoisotopic (exact) mass is 392 g/mol. The highest BCUT2D eigenvalue weighted by Crippen LogP contribution is 2.22. The molecule has 0 aliphatic rings. The largest absolute Gasteiger partial charge is 0.497 e. The summed E-state index contributed by atoms with van der Waals surface area (Å²) in [4.78, 5) is 40.2. The number of methoxy groups -OCH3 is 1. The van der Waals surface area contributed by atoms with Gasteiger partial charge >= 0.3 is 5.97 Å². The molecule has 0 saturated carbocycles. The second kappa shape index (κ2) is 8.52. The summed E-state index contributed by atoms with van der Waals surface area (Å²) in [6.07, 6.45) is 0. The average Bonchev–Trinajstić information content (AvgIpc) is 2.71. The Bertz CT molecular complexity index is 1090. The number of rotatable bonds is 6. The van der Waals surface area contributed by atoms with Gasteiger partial charge in [0.05, 0.1) is 23.9 Å². The Kier molecular flexibility index (Phi) is 5.87. The molecule has 3 aromatic rings. The van der Waals surface area contributed by atoms with Crippen molar-refractivity contribution < 1.29 is 23.9 Å². The molecule has 0 aliphatic heterocycles. The number of ketones is 1. The Hall–Kier alpha value is -3.74. The van der Waals surface area contributed by atoms with Crippen molar-refractivity contribution in [2.75, 3.05) is 19.0 Å². The molecule has 0 saturated heterocycles. The van der Waals surface area contributed by atoms with Gasteiger partial charge in [-0.05, 0) is 55.5 Å². The third-order valence-corrected chi connectivity index (χ3v) is 4.29. The van der Waals surface area contributed by atoms with Gasteiger partial charge in [-0.1, -0.05) is 0 Å². The Balaban J connectivity index is 1.70. The number of hydrogen-bond acceptors (Lipinski definition) is 6. The van der Waals surface area contributed by atoms with Crippen molar-refractivity contribution in [1.29, 1.82) is 0 Å². The molecule has 148 valence electrons. The summed E-state index contributed by atoms with van der Waals surface area (Å²) in [6, 6.07) is 13.4. The molecule has 3 rings (SSSR count). The number of aromatic nitrogens is 1. The lowest BCUT2D eigenvalue weighted by atomic mass is 10.1. The van der Waals surface area contributed by atoms with Crippen molar-refractivity contribution in [3.8, 4) is 5.75 Å². The van der Waals surface area contributed by atoms with Crippen molar-refractivity contribution in [2.24, 2.45) is 0 Å². The van der Waals surface area contributed by atoms with E-state index in [0.29, 0.717) is 28.3 Å². The first-order chi connectivity index (χ1) is 13.9. The van der Waals surface area contributed by atoms with Crippen LogP contribution in [0.3, 0.4) is 0 Å². The Morgan fingerprint density at radius 1 is 1.03 bits per heavy atom. The minimum absolute atomic E-state index is 0.199. The quantitative estimate of drug-likeness (QED) is 0.509. The van der Waals surface area contributed by atoms with E-state index in [-0.39, 0.29) is 11.7 Å². The van der Waals surface area contributed by atoms with Gasteiger partial charge in [-0.15, -0.1) is 0 Å². The Morgan fingerprint density at radius 3 is 2.41 bits per heavy atom. The molecule has 2 aromatic carbocycles. The molecule has 0 radical (unpaired) electrons. The smallest absolute Gasteiger partial charge is 0.340 e. The Labute approximate surface area is 167 Å². The van der Waals surface area contributed by atoms with Gasteiger partial charge in [-0.2, -0.15) is 0 Å². The van der Waals surface area contributed by atoms with Gasteiger partial charge in [0, 0.05) is 23.6 Å². The molecule has 7 nitrogen and oxygen atoms in total. The summed E-state index contributed by atoms with van der Waals surface area (Å²) in [5.41, 5.74) is 2.50. The summed E-state index contributed by atoms with van der Waals surface area (Å²) < 4.78 is 10.4. The fraction of sp³-hybridized carbons (Fsp3) is 0.182. The van der Waals surface area contributed by atoms with Gasteiger partial charge in [-0.3, -0.25) is 14.6 Å². The van der Waals surface area contributed by atoms with E-state index in [2.05, 4.69) is 10.3 Å². The number of amides is 1. The highest BCUT2D eigenvalue weighted by molar-refractivity contribution is 6.01. The van der Waals surface area contributed by atoms with E-state index in [4.69, 9.17) is 9.47 Å². The number of pyridine rings is 1. The van der Waals surface area contributed by atoms with Crippen LogP contribution in [0.25, 0.3) is 10.9 Å². The van der Waals surface area contributed by atoms with Crippen LogP contribution in [0.15, 0.2) is 48.5 Å². The van der Waals surface area contributed by atoms with Gasteiger partial charge in [0.1, 0.15) is 5.75 Å². The number of aryl methyl sites for hydroxylation is 1. The molecule has 0 spiro atoms. The van der Waals surface area contributed by atoms with Crippen LogP contribution in [0.4, 0.5) is 5.69 Å². The van der Waals surface area contributed by atoms with Crippen LogP contribution in [0, 0.1) is 6.92 Å². The molecule has 0 fully saturated rings. The van der Waals surface area contributed by atoms with E-state index in [9.17, 15) is 14.4 Å². The molecule has 0 bridgehead atoms. The average molecular weight is 392 g/mol. The predicted octanol–water partition coefficient (Wildman–Crippen LogP) is 3.55. The van der Waals surface area contributed by atoms with Crippen LogP contribution in [0.5, 0.6) is 5.75 Å². The molecule has 29 heavy (non-hydrogen) atoms. The molecule has 1 N–H and O–H groups in total. The van der Waals surface area contributed by atoms with E-state index >= 15 is 0 Å². The number of nitrogens with one attached hydrogen (secondary N) is 1. The number of hydrogen-bond donors (Lipinski definition) is 1. The summed E-state index contributed by atoms with van der Waals surface area (Å²) in [6.45, 7) is 2.72. The molecular weight excluding hydrogens is 372 g/mol. The maximum absolute atomic E-state index is 12.5. The summed E-state index contributed by atoms with van der Waals surface area (Å²) in [7, 11) is 1.56. The van der Waals surface area contributed by atoms with Crippen LogP contribution in [-0.2, 0) is 9.53 Å². The van der Waals surface area contributed by atoms with E-state index in [1.54, 1.807) is 56.5 Å². The number of benzene rings is 2. The first kappa shape index (κ1) is 20.0. The third-order valence-electron chi connectivity index (χ3n) is 4.29. The van der Waals surface area contributed by atoms with E-state index in [1.807, 2.05) is 6.07 Å². The second-order valence-corrected chi connectivity index (χ2v) is 6.44. The summed E-state index contributed by atoms with van der Waals surface area (Å²) in [5, 5.41) is 3.36. The Morgan fingerprint density at radius 2 is 1.76 bits per heavy atom. The molecule has 0 atom stereocenters.